The maximum absolute atomic E-state index is 13.4. The molecule has 5 heteroatoms. The predicted molar refractivity (Wildman–Crippen MR) is 70.1 cm³/mol. The topological polar surface area (TPSA) is 41.1 Å². The van der Waals surface area contributed by atoms with Crippen molar-refractivity contribution in [2.24, 2.45) is 0 Å². The molecule has 1 aliphatic rings. The molecule has 3 nitrogen and oxygen atoms in total. The van der Waals surface area contributed by atoms with Crippen LogP contribution in [0.4, 0.5) is 15.8 Å². The Morgan fingerprint density at radius 1 is 1.44 bits per heavy atom. The van der Waals surface area contributed by atoms with Crippen LogP contribution in [0.2, 0.25) is 0 Å². The van der Waals surface area contributed by atoms with Gasteiger partial charge in [-0.2, -0.15) is 0 Å². The van der Waals surface area contributed by atoms with Crippen LogP contribution in [0.25, 0.3) is 0 Å². The number of hydrogen-bond donors (Lipinski definition) is 2. The van der Waals surface area contributed by atoms with E-state index in [0.717, 1.165) is 0 Å². The van der Waals surface area contributed by atoms with Crippen molar-refractivity contribution in [1.82, 2.24) is 0 Å². The third-order valence-electron chi connectivity index (χ3n) is 2.93. The van der Waals surface area contributed by atoms with Gasteiger partial charge in [0, 0.05) is 6.07 Å². The zero-order chi connectivity index (χ0) is 11.9. The van der Waals surface area contributed by atoms with Crippen molar-refractivity contribution < 1.29 is 9.18 Å². The molecular weight excluding hydrogens is 322 g/mol. The normalized spacial score (nSPS) is 23.4. The van der Waals surface area contributed by atoms with Gasteiger partial charge in [-0.3, -0.25) is 4.79 Å². The number of fused-ring (bicyclic) bond motifs is 1. The number of carbonyl (C=O) groups excluding carboxylic acids is 1. The second-order valence-electron chi connectivity index (χ2n) is 4.08. The summed E-state index contributed by atoms with van der Waals surface area (Å²) >= 11 is 1.90. The molecule has 0 spiro atoms. The summed E-state index contributed by atoms with van der Waals surface area (Å²) in [4.78, 5) is 11.8. The minimum absolute atomic E-state index is 0.0788. The fourth-order valence-electron chi connectivity index (χ4n) is 1.62. The van der Waals surface area contributed by atoms with Gasteiger partial charge in [0.2, 0.25) is 5.91 Å². The predicted octanol–water partition coefficient (Wildman–Crippen LogP) is 2.96. The lowest BCUT2D eigenvalue weighted by Gasteiger charge is -2.35. The minimum Gasteiger partial charge on any atom is -0.370 e. The highest BCUT2D eigenvalue weighted by molar-refractivity contribution is 14.1. The van der Waals surface area contributed by atoms with E-state index < -0.39 is 5.54 Å². The number of amides is 1. The molecule has 1 unspecified atom stereocenters. The quantitative estimate of drug-likeness (QED) is 0.776. The lowest BCUT2D eigenvalue weighted by molar-refractivity contribution is -0.120. The molecule has 1 amide bonds. The molecule has 1 aliphatic heterocycles. The molecule has 1 heterocycles. The van der Waals surface area contributed by atoms with Crippen molar-refractivity contribution in [3.05, 3.63) is 21.5 Å². The Morgan fingerprint density at radius 2 is 2.12 bits per heavy atom. The molecule has 0 aliphatic carbocycles. The summed E-state index contributed by atoms with van der Waals surface area (Å²) in [5, 5.41) is 5.88. The first-order valence-corrected chi connectivity index (χ1v) is 6.13. The van der Waals surface area contributed by atoms with E-state index in [2.05, 4.69) is 10.6 Å². The smallest absolute Gasteiger partial charge is 0.249 e. The average molecular weight is 334 g/mol. The van der Waals surface area contributed by atoms with Gasteiger partial charge in [0.25, 0.3) is 0 Å². The van der Waals surface area contributed by atoms with Crippen molar-refractivity contribution in [2.45, 2.75) is 25.8 Å². The van der Waals surface area contributed by atoms with Crippen LogP contribution in [-0.2, 0) is 4.79 Å². The van der Waals surface area contributed by atoms with E-state index in [-0.39, 0.29) is 11.7 Å². The first kappa shape index (κ1) is 11.6. The molecule has 1 atom stereocenters. The molecule has 16 heavy (non-hydrogen) atoms. The lowest BCUT2D eigenvalue weighted by atomic mass is 9.94. The standard InChI is InChI=1S/C11H12FIN2O/c1-3-11(2)10(16)14-8-5-7(13)6(12)4-9(8)15-11/h4-5,15H,3H2,1-2H3,(H,14,16). The van der Waals surface area contributed by atoms with E-state index >= 15 is 0 Å². The van der Waals surface area contributed by atoms with Crippen molar-refractivity contribution in [1.29, 1.82) is 0 Å². The van der Waals surface area contributed by atoms with Gasteiger partial charge in [-0.25, -0.2) is 4.39 Å². The van der Waals surface area contributed by atoms with Crippen LogP contribution in [0.5, 0.6) is 0 Å². The minimum atomic E-state index is -0.660. The Labute approximate surface area is 107 Å². The molecule has 0 saturated heterocycles. The van der Waals surface area contributed by atoms with E-state index in [1.54, 1.807) is 13.0 Å². The van der Waals surface area contributed by atoms with E-state index in [9.17, 15) is 9.18 Å². The monoisotopic (exact) mass is 334 g/mol. The Hall–Kier alpha value is -0.850. The second kappa shape index (κ2) is 3.87. The van der Waals surface area contributed by atoms with E-state index in [0.29, 0.717) is 21.4 Å². The first-order valence-electron chi connectivity index (χ1n) is 5.05. The van der Waals surface area contributed by atoms with Gasteiger partial charge in [0.1, 0.15) is 11.4 Å². The maximum Gasteiger partial charge on any atom is 0.249 e. The van der Waals surface area contributed by atoms with Crippen LogP contribution in [0.1, 0.15) is 20.3 Å². The third-order valence-corrected chi connectivity index (χ3v) is 3.75. The van der Waals surface area contributed by atoms with Crippen LogP contribution in [0.3, 0.4) is 0 Å². The molecule has 2 N–H and O–H groups in total. The molecular formula is C11H12FIN2O. The lowest BCUT2D eigenvalue weighted by Crippen LogP contribution is -2.49. The zero-order valence-electron chi connectivity index (χ0n) is 9.03. The second-order valence-corrected chi connectivity index (χ2v) is 5.24. The number of rotatable bonds is 1. The summed E-state index contributed by atoms with van der Waals surface area (Å²) in [6.45, 7) is 3.72. The Bertz CT molecular complexity index is 464. The molecule has 1 aromatic rings. The molecule has 1 aromatic carbocycles. The van der Waals surface area contributed by atoms with Gasteiger partial charge >= 0.3 is 0 Å². The number of hydrogen-bond acceptors (Lipinski definition) is 2. The third kappa shape index (κ3) is 1.77. The van der Waals surface area contributed by atoms with Crippen molar-refractivity contribution >= 4 is 39.9 Å². The molecule has 0 radical (unpaired) electrons. The highest BCUT2D eigenvalue weighted by atomic mass is 127. The SMILES string of the molecule is CCC1(C)Nc2cc(F)c(I)cc2NC1=O. The van der Waals surface area contributed by atoms with Crippen LogP contribution in [0, 0.1) is 9.39 Å². The van der Waals surface area contributed by atoms with Gasteiger partial charge in [-0.15, -0.1) is 0 Å². The number of carbonyl (C=O) groups is 1. The van der Waals surface area contributed by atoms with Crippen molar-refractivity contribution in [3.63, 3.8) is 0 Å². The summed E-state index contributed by atoms with van der Waals surface area (Å²) in [7, 11) is 0. The summed E-state index contributed by atoms with van der Waals surface area (Å²) < 4.78 is 13.9. The maximum atomic E-state index is 13.4. The van der Waals surface area contributed by atoms with Crippen molar-refractivity contribution in [3.8, 4) is 0 Å². The Balaban J connectivity index is 2.47. The molecule has 2 rings (SSSR count). The largest absolute Gasteiger partial charge is 0.370 e. The Morgan fingerprint density at radius 3 is 2.75 bits per heavy atom. The van der Waals surface area contributed by atoms with E-state index in [1.165, 1.54) is 6.07 Å². The fourth-order valence-corrected chi connectivity index (χ4v) is 2.08. The summed E-state index contributed by atoms with van der Waals surface area (Å²) in [5.41, 5.74) is 0.621. The molecule has 86 valence electrons. The van der Waals surface area contributed by atoms with Crippen LogP contribution in [0.15, 0.2) is 12.1 Å². The number of halogens is 2. The summed E-state index contributed by atoms with van der Waals surface area (Å²) in [6, 6.07) is 3.05. The number of nitrogens with one attached hydrogen (secondary N) is 2. The molecule has 0 bridgehead atoms. The summed E-state index contributed by atoms with van der Waals surface area (Å²) in [5.74, 6) is -0.355. The van der Waals surface area contributed by atoms with Crippen LogP contribution >= 0.6 is 22.6 Å². The molecule has 0 saturated carbocycles. The zero-order valence-corrected chi connectivity index (χ0v) is 11.2. The Kier molecular flexibility index (Phi) is 2.81. The summed E-state index contributed by atoms with van der Waals surface area (Å²) in [6.07, 6.45) is 0.645. The van der Waals surface area contributed by atoms with Gasteiger partial charge in [-0.1, -0.05) is 6.92 Å². The van der Waals surface area contributed by atoms with E-state index in [4.69, 9.17) is 0 Å². The van der Waals surface area contributed by atoms with Gasteiger partial charge in [0.05, 0.1) is 14.9 Å². The first-order chi connectivity index (χ1) is 7.46. The van der Waals surface area contributed by atoms with Crippen LogP contribution in [-0.4, -0.2) is 11.4 Å². The van der Waals surface area contributed by atoms with Gasteiger partial charge in [-0.05, 0) is 42.0 Å². The molecule has 0 fully saturated rings. The fraction of sp³-hybridized carbons (Fsp3) is 0.364. The van der Waals surface area contributed by atoms with Gasteiger partial charge in [0.15, 0.2) is 0 Å². The number of benzene rings is 1. The van der Waals surface area contributed by atoms with Gasteiger partial charge < -0.3 is 10.6 Å². The highest BCUT2D eigenvalue weighted by Crippen LogP contribution is 2.34. The number of anilines is 2. The molecule has 0 aromatic heterocycles. The van der Waals surface area contributed by atoms with E-state index in [1.807, 2.05) is 29.5 Å². The van der Waals surface area contributed by atoms with Crippen molar-refractivity contribution in [2.75, 3.05) is 10.6 Å². The van der Waals surface area contributed by atoms with Crippen LogP contribution < -0.4 is 10.6 Å². The average Bonchev–Trinajstić information content (AvgIpc) is 2.23. The highest BCUT2D eigenvalue weighted by Gasteiger charge is 2.36.